The lowest BCUT2D eigenvalue weighted by atomic mass is 10.1. The summed E-state index contributed by atoms with van der Waals surface area (Å²) < 4.78 is 26.6. The molecule has 36 heavy (non-hydrogen) atoms. The van der Waals surface area contributed by atoms with Gasteiger partial charge in [0, 0.05) is 11.1 Å². The van der Waals surface area contributed by atoms with Crippen LogP contribution in [0.3, 0.4) is 0 Å². The van der Waals surface area contributed by atoms with E-state index < -0.39 is 15.6 Å². The van der Waals surface area contributed by atoms with Gasteiger partial charge in [-0.15, -0.1) is 0 Å². The number of para-hydroxylation sites is 2. The number of sulfonamides is 1. The minimum atomic E-state index is -3.54. The van der Waals surface area contributed by atoms with E-state index in [0.717, 1.165) is 16.7 Å². The SMILES string of the molecule is Cc1cccc(C)c1N(Cc1ccc(C(=O)Nc2ccccc2C(=O)NC(C)(C)C)cc1)S(C)(=O)=O. The molecule has 0 radical (unpaired) electrons. The Morgan fingerprint density at radius 2 is 1.42 bits per heavy atom. The summed E-state index contributed by atoms with van der Waals surface area (Å²) in [6.07, 6.45) is 1.19. The summed E-state index contributed by atoms with van der Waals surface area (Å²) in [5.74, 6) is -0.645. The molecule has 0 heterocycles. The maximum atomic E-state index is 12.9. The van der Waals surface area contributed by atoms with Crippen LogP contribution in [0.25, 0.3) is 0 Å². The van der Waals surface area contributed by atoms with E-state index in [1.165, 1.54) is 10.6 Å². The van der Waals surface area contributed by atoms with Crippen LogP contribution in [0.5, 0.6) is 0 Å². The summed E-state index contributed by atoms with van der Waals surface area (Å²) in [6, 6.07) is 19.3. The Morgan fingerprint density at radius 3 is 1.97 bits per heavy atom. The third kappa shape index (κ3) is 6.73. The van der Waals surface area contributed by atoms with Crippen molar-refractivity contribution in [3.63, 3.8) is 0 Å². The first-order valence-corrected chi connectivity index (χ1v) is 13.5. The molecule has 0 spiro atoms. The molecule has 8 heteroatoms. The van der Waals surface area contributed by atoms with Crippen LogP contribution in [-0.4, -0.2) is 32.0 Å². The first kappa shape index (κ1) is 26.9. The molecule has 2 N–H and O–H groups in total. The molecule has 190 valence electrons. The van der Waals surface area contributed by atoms with Crippen molar-refractivity contribution < 1.29 is 18.0 Å². The second-order valence-electron chi connectivity index (χ2n) is 9.91. The van der Waals surface area contributed by atoms with Crippen molar-refractivity contribution in [2.45, 2.75) is 46.7 Å². The highest BCUT2D eigenvalue weighted by atomic mass is 32.2. The van der Waals surface area contributed by atoms with E-state index in [0.29, 0.717) is 22.5 Å². The van der Waals surface area contributed by atoms with Crippen molar-refractivity contribution in [2.75, 3.05) is 15.9 Å². The van der Waals surface area contributed by atoms with Gasteiger partial charge in [-0.2, -0.15) is 0 Å². The fourth-order valence-electron chi connectivity index (χ4n) is 3.88. The number of carbonyl (C=O) groups excluding carboxylic acids is 2. The molecule has 2 amide bonds. The third-order valence-corrected chi connectivity index (χ3v) is 6.65. The lowest BCUT2D eigenvalue weighted by Crippen LogP contribution is -2.40. The van der Waals surface area contributed by atoms with Gasteiger partial charge in [0.2, 0.25) is 10.0 Å². The fraction of sp³-hybridized carbons (Fsp3) is 0.286. The average molecular weight is 508 g/mol. The van der Waals surface area contributed by atoms with Crippen molar-refractivity contribution in [3.8, 4) is 0 Å². The van der Waals surface area contributed by atoms with Gasteiger partial charge in [0.05, 0.1) is 29.7 Å². The van der Waals surface area contributed by atoms with E-state index in [2.05, 4.69) is 10.6 Å². The van der Waals surface area contributed by atoms with Gasteiger partial charge in [0.25, 0.3) is 11.8 Å². The smallest absolute Gasteiger partial charge is 0.255 e. The number of anilines is 2. The van der Waals surface area contributed by atoms with Gasteiger partial charge in [0.15, 0.2) is 0 Å². The van der Waals surface area contributed by atoms with Gasteiger partial charge in [-0.3, -0.25) is 13.9 Å². The summed E-state index contributed by atoms with van der Waals surface area (Å²) in [5, 5.41) is 5.72. The number of rotatable bonds is 7. The number of hydrogen-bond acceptors (Lipinski definition) is 4. The fourth-order valence-corrected chi connectivity index (χ4v) is 4.88. The molecule has 0 aliphatic heterocycles. The second kappa shape index (κ2) is 10.5. The summed E-state index contributed by atoms with van der Waals surface area (Å²) in [7, 11) is -3.54. The standard InChI is InChI=1S/C28H33N3O4S/c1-19-10-9-11-20(2)25(19)31(36(6,34)35)18-21-14-16-22(17-15-21)26(32)29-24-13-8-7-12-23(24)27(33)30-28(3,4)5/h7-17H,18H2,1-6H3,(H,29,32)(H,30,33). The Balaban J connectivity index is 1.81. The Kier molecular flexibility index (Phi) is 7.89. The molecule has 7 nitrogen and oxygen atoms in total. The van der Waals surface area contributed by atoms with Gasteiger partial charge in [-0.05, 0) is 75.6 Å². The number of amides is 2. The Morgan fingerprint density at radius 1 is 0.833 bits per heavy atom. The Hall–Kier alpha value is -3.65. The van der Waals surface area contributed by atoms with E-state index in [9.17, 15) is 18.0 Å². The molecule has 0 saturated heterocycles. The number of benzene rings is 3. The predicted octanol–water partition coefficient (Wildman–Crippen LogP) is 5.05. The van der Waals surface area contributed by atoms with Crippen LogP contribution >= 0.6 is 0 Å². The van der Waals surface area contributed by atoms with E-state index in [1.54, 1.807) is 48.5 Å². The number of aryl methyl sites for hydroxylation is 2. The number of carbonyl (C=O) groups is 2. The van der Waals surface area contributed by atoms with Crippen molar-refractivity contribution in [1.29, 1.82) is 0 Å². The van der Waals surface area contributed by atoms with Gasteiger partial charge in [0.1, 0.15) is 0 Å². The zero-order valence-electron chi connectivity index (χ0n) is 21.5. The van der Waals surface area contributed by atoms with Crippen LogP contribution in [0.2, 0.25) is 0 Å². The zero-order valence-corrected chi connectivity index (χ0v) is 22.4. The molecule has 0 bridgehead atoms. The lowest BCUT2D eigenvalue weighted by Gasteiger charge is -2.26. The molecule has 0 aromatic heterocycles. The summed E-state index contributed by atoms with van der Waals surface area (Å²) in [4.78, 5) is 25.6. The summed E-state index contributed by atoms with van der Waals surface area (Å²) >= 11 is 0. The van der Waals surface area contributed by atoms with Gasteiger partial charge < -0.3 is 10.6 Å². The molecule has 0 fully saturated rings. The highest BCUT2D eigenvalue weighted by Gasteiger charge is 2.22. The Labute approximate surface area is 213 Å². The predicted molar refractivity (Wildman–Crippen MR) is 145 cm³/mol. The molecule has 0 aliphatic carbocycles. The monoisotopic (exact) mass is 507 g/mol. The lowest BCUT2D eigenvalue weighted by molar-refractivity contribution is 0.0920. The minimum Gasteiger partial charge on any atom is -0.347 e. The molecule has 0 saturated carbocycles. The molecule has 0 atom stereocenters. The summed E-state index contributed by atoms with van der Waals surface area (Å²) in [5.41, 5.74) is 3.89. The van der Waals surface area contributed by atoms with Crippen molar-refractivity contribution >= 4 is 33.2 Å². The topological polar surface area (TPSA) is 95.6 Å². The van der Waals surface area contributed by atoms with Crippen LogP contribution in [0, 0.1) is 13.8 Å². The maximum Gasteiger partial charge on any atom is 0.255 e. The number of hydrogen-bond donors (Lipinski definition) is 2. The molecule has 0 aliphatic rings. The number of nitrogens with one attached hydrogen (secondary N) is 2. The quantitative estimate of drug-likeness (QED) is 0.468. The number of nitrogens with zero attached hydrogens (tertiary/aromatic N) is 1. The van der Waals surface area contributed by atoms with E-state index >= 15 is 0 Å². The largest absolute Gasteiger partial charge is 0.347 e. The van der Waals surface area contributed by atoms with Crippen molar-refractivity contribution in [3.05, 3.63) is 94.5 Å². The highest BCUT2D eigenvalue weighted by molar-refractivity contribution is 7.92. The average Bonchev–Trinajstić information content (AvgIpc) is 2.77. The molecular formula is C28H33N3O4S. The summed E-state index contributed by atoms with van der Waals surface area (Å²) in [6.45, 7) is 9.57. The molecule has 0 unspecified atom stereocenters. The Bertz CT molecular complexity index is 1350. The molecular weight excluding hydrogens is 474 g/mol. The molecule has 3 aromatic carbocycles. The third-order valence-electron chi connectivity index (χ3n) is 5.54. The zero-order chi connectivity index (χ0) is 26.7. The minimum absolute atomic E-state index is 0.141. The van der Waals surface area contributed by atoms with Gasteiger partial charge in [-0.25, -0.2) is 8.42 Å². The highest BCUT2D eigenvalue weighted by Crippen LogP contribution is 2.28. The normalized spacial score (nSPS) is 11.6. The molecule has 3 aromatic rings. The van der Waals surface area contributed by atoms with Gasteiger partial charge >= 0.3 is 0 Å². The maximum absolute atomic E-state index is 12.9. The first-order chi connectivity index (χ1) is 16.8. The van der Waals surface area contributed by atoms with Crippen LogP contribution in [0.4, 0.5) is 11.4 Å². The van der Waals surface area contributed by atoms with Gasteiger partial charge in [-0.1, -0.05) is 42.5 Å². The van der Waals surface area contributed by atoms with Crippen molar-refractivity contribution in [2.24, 2.45) is 0 Å². The van der Waals surface area contributed by atoms with Crippen LogP contribution < -0.4 is 14.9 Å². The molecule has 3 rings (SSSR count). The van der Waals surface area contributed by atoms with Crippen LogP contribution in [0.1, 0.15) is 58.2 Å². The second-order valence-corrected chi connectivity index (χ2v) is 11.8. The van der Waals surface area contributed by atoms with E-state index in [1.807, 2.05) is 52.8 Å². The first-order valence-electron chi connectivity index (χ1n) is 11.6. The van der Waals surface area contributed by atoms with Crippen LogP contribution in [0.15, 0.2) is 66.7 Å². The van der Waals surface area contributed by atoms with Crippen molar-refractivity contribution in [1.82, 2.24) is 5.32 Å². The van der Waals surface area contributed by atoms with E-state index in [-0.39, 0.29) is 18.4 Å². The van der Waals surface area contributed by atoms with E-state index in [4.69, 9.17) is 0 Å². The van der Waals surface area contributed by atoms with Crippen LogP contribution in [-0.2, 0) is 16.6 Å².